The fourth-order valence-electron chi connectivity index (χ4n) is 3.79. The Hall–Kier alpha value is -3.14. The molecule has 1 N–H and O–H groups in total. The standard InChI is InChI=1S/C25H25FN2O/c26-23-9-5-20(6-10-23)17-25(29)27-15-13-19-7-11-24(12-8-19)28-16-14-21-3-1-2-4-22(21)18-28/h1-12H,13-18H2,(H,27,29). The Morgan fingerprint density at radius 2 is 1.59 bits per heavy atom. The van der Waals surface area contributed by atoms with Gasteiger partial charge in [-0.3, -0.25) is 4.79 Å². The number of benzene rings is 3. The van der Waals surface area contributed by atoms with Gasteiger partial charge in [-0.1, -0.05) is 48.5 Å². The van der Waals surface area contributed by atoms with Gasteiger partial charge in [0.2, 0.25) is 5.91 Å². The van der Waals surface area contributed by atoms with Crippen LogP contribution in [0.4, 0.5) is 10.1 Å². The number of amides is 1. The predicted octanol–water partition coefficient (Wildman–Crippen LogP) is 4.29. The van der Waals surface area contributed by atoms with Gasteiger partial charge in [0.1, 0.15) is 5.82 Å². The van der Waals surface area contributed by atoms with Gasteiger partial charge in [0, 0.05) is 25.3 Å². The second-order valence-electron chi connectivity index (χ2n) is 7.51. The minimum Gasteiger partial charge on any atom is -0.367 e. The van der Waals surface area contributed by atoms with Gasteiger partial charge in [-0.15, -0.1) is 0 Å². The largest absolute Gasteiger partial charge is 0.367 e. The van der Waals surface area contributed by atoms with Crippen LogP contribution in [0.15, 0.2) is 72.8 Å². The summed E-state index contributed by atoms with van der Waals surface area (Å²) in [5.41, 5.74) is 6.12. The third kappa shape index (κ3) is 5.02. The van der Waals surface area contributed by atoms with Crippen molar-refractivity contribution in [3.05, 3.63) is 101 Å². The van der Waals surface area contributed by atoms with Crippen LogP contribution < -0.4 is 10.2 Å². The summed E-state index contributed by atoms with van der Waals surface area (Å²) in [6.45, 7) is 2.58. The van der Waals surface area contributed by atoms with Crippen molar-refractivity contribution in [3.8, 4) is 0 Å². The molecule has 1 aliphatic rings. The first-order valence-corrected chi connectivity index (χ1v) is 10.1. The topological polar surface area (TPSA) is 32.3 Å². The van der Waals surface area contributed by atoms with Gasteiger partial charge in [0.25, 0.3) is 0 Å². The lowest BCUT2D eigenvalue weighted by Crippen LogP contribution is -2.30. The number of rotatable bonds is 6. The molecule has 0 bridgehead atoms. The van der Waals surface area contributed by atoms with Crippen LogP contribution in [0, 0.1) is 5.82 Å². The van der Waals surface area contributed by atoms with Crippen molar-refractivity contribution in [2.75, 3.05) is 18.0 Å². The first-order valence-electron chi connectivity index (χ1n) is 10.1. The number of carbonyl (C=O) groups is 1. The van der Waals surface area contributed by atoms with E-state index in [1.54, 1.807) is 12.1 Å². The quantitative estimate of drug-likeness (QED) is 0.683. The molecule has 1 amide bonds. The summed E-state index contributed by atoms with van der Waals surface area (Å²) < 4.78 is 12.9. The van der Waals surface area contributed by atoms with Gasteiger partial charge in [-0.2, -0.15) is 0 Å². The van der Waals surface area contributed by atoms with E-state index < -0.39 is 0 Å². The summed E-state index contributed by atoms with van der Waals surface area (Å²) in [6, 6.07) is 23.3. The maximum atomic E-state index is 12.9. The van der Waals surface area contributed by atoms with Crippen LogP contribution in [0.5, 0.6) is 0 Å². The SMILES string of the molecule is O=C(Cc1ccc(F)cc1)NCCc1ccc(N2CCc3ccccc3C2)cc1. The molecule has 3 nitrogen and oxygen atoms in total. The second kappa shape index (κ2) is 8.91. The van der Waals surface area contributed by atoms with Crippen LogP contribution in [0.1, 0.15) is 22.3 Å². The summed E-state index contributed by atoms with van der Waals surface area (Å²) in [6.07, 6.45) is 2.14. The van der Waals surface area contributed by atoms with E-state index in [1.807, 2.05) is 0 Å². The molecule has 1 heterocycles. The van der Waals surface area contributed by atoms with Crippen LogP contribution in [-0.2, 0) is 30.6 Å². The summed E-state index contributed by atoms with van der Waals surface area (Å²) in [4.78, 5) is 14.5. The summed E-state index contributed by atoms with van der Waals surface area (Å²) in [7, 11) is 0. The van der Waals surface area contributed by atoms with Gasteiger partial charge in [-0.25, -0.2) is 4.39 Å². The summed E-state index contributed by atoms with van der Waals surface area (Å²) in [5.74, 6) is -0.327. The van der Waals surface area contributed by atoms with E-state index >= 15 is 0 Å². The van der Waals surface area contributed by atoms with Gasteiger partial charge in [-0.05, 0) is 59.4 Å². The number of carbonyl (C=O) groups excluding carboxylic acids is 1. The van der Waals surface area contributed by atoms with Crippen LogP contribution in [-0.4, -0.2) is 19.0 Å². The Labute approximate surface area is 171 Å². The molecule has 148 valence electrons. The van der Waals surface area contributed by atoms with E-state index in [4.69, 9.17) is 0 Å². The molecule has 0 fully saturated rings. The molecule has 0 aromatic heterocycles. The van der Waals surface area contributed by atoms with Crippen molar-refractivity contribution in [3.63, 3.8) is 0 Å². The van der Waals surface area contributed by atoms with Gasteiger partial charge < -0.3 is 10.2 Å². The van der Waals surface area contributed by atoms with Crippen molar-refractivity contribution >= 4 is 11.6 Å². The monoisotopic (exact) mass is 388 g/mol. The van der Waals surface area contributed by atoms with E-state index in [1.165, 1.54) is 34.5 Å². The van der Waals surface area contributed by atoms with Crippen LogP contribution in [0.2, 0.25) is 0 Å². The molecule has 1 aliphatic heterocycles. The fourth-order valence-corrected chi connectivity index (χ4v) is 3.79. The number of hydrogen-bond acceptors (Lipinski definition) is 2. The Bertz CT molecular complexity index is 967. The highest BCUT2D eigenvalue weighted by Gasteiger charge is 2.15. The molecule has 4 rings (SSSR count). The first-order chi connectivity index (χ1) is 14.2. The molecule has 0 saturated heterocycles. The lowest BCUT2D eigenvalue weighted by Gasteiger charge is -2.30. The highest BCUT2D eigenvalue weighted by atomic mass is 19.1. The van der Waals surface area contributed by atoms with Crippen LogP contribution >= 0.6 is 0 Å². The average Bonchev–Trinajstić information content (AvgIpc) is 2.75. The Morgan fingerprint density at radius 1 is 0.897 bits per heavy atom. The number of nitrogens with one attached hydrogen (secondary N) is 1. The van der Waals surface area contributed by atoms with E-state index in [2.05, 4.69) is 58.7 Å². The molecule has 3 aromatic rings. The Morgan fingerprint density at radius 3 is 2.34 bits per heavy atom. The smallest absolute Gasteiger partial charge is 0.224 e. The lowest BCUT2D eigenvalue weighted by atomic mass is 9.99. The predicted molar refractivity (Wildman–Crippen MR) is 114 cm³/mol. The first kappa shape index (κ1) is 19.2. The van der Waals surface area contributed by atoms with E-state index in [0.29, 0.717) is 6.54 Å². The average molecular weight is 388 g/mol. The highest BCUT2D eigenvalue weighted by molar-refractivity contribution is 5.78. The van der Waals surface area contributed by atoms with Crippen molar-refractivity contribution in [2.24, 2.45) is 0 Å². The zero-order valence-corrected chi connectivity index (χ0v) is 16.4. The summed E-state index contributed by atoms with van der Waals surface area (Å²) in [5, 5.41) is 2.94. The zero-order valence-electron chi connectivity index (χ0n) is 16.4. The molecule has 29 heavy (non-hydrogen) atoms. The lowest BCUT2D eigenvalue weighted by molar-refractivity contribution is -0.120. The number of anilines is 1. The van der Waals surface area contributed by atoms with Crippen molar-refractivity contribution in [1.82, 2.24) is 5.32 Å². The number of fused-ring (bicyclic) bond motifs is 1. The summed E-state index contributed by atoms with van der Waals surface area (Å²) >= 11 is 0. The molecule has 0 saturated carbocycles. The molecule has 0 radical (unpaired) electrons. The zero-order chi connectivity index (χ0) is 20.1. The van der Waals surface area contributed by atoms with Crippen LogP contribution in [0.25, 0.3) is 0 Å². The van der Waals surface area contributed by atoms with Gasteiger partial charge in [0.15, 0.2) is 0 Å². The van der Waals surface area contributed by atoms with Crippen LogP contribution in [0.3, 0.4) is 0 Å². The molecule has 4 heteroatoms. The molecule has 0 aliphatic carbocycles. The van der Waals surface area contributed by atoms with Crippen molar-refractivity contribution in [1.29, 1.82) is 0 Å². The number of hydrogen-bond donors (Lipinski definition) is 1. The molecular formula is C25H25FN2O. The van der Waals surface area contributed by atoms with Crippen molar-refractivity contribution in [2.45, 2.75) is 25.8 Å². The maximum absolute atomic E-state index is 12.9. The molecule has 3 aromatic carbocycles. The molecule has 0 spiro atoms. The van der Waals surface area contributed by atoms with Crippen molar-refractivity contribution < 1.29 is 9.18 Å². The molecule has 0 atom stereocenters. The Balaban J connectivity index is 1.25. The van der Waals surface area contributed by atoms with E-state index in [-0.39, 0.29) is 18.1 Å². The third-order valence-electron chi connectivity index (χ3n) is 5.45. The number of halogens is 1. The minimum atomic E-state index is -0.286. The highest BCUT2D eigenvalue weighted by Crippen LogP contribution is 2.24. The Kier molecular flexibility index (Phi) is 5.89. The van der Waals surface area contributed by atoms with E-state index in [9.17, 15) is 9.18 Å². The normalized spacial score (nSPS) is 13.1. The molecular weight excluding hydrogens is 363 g/mol. The maximum Gasteiger partial charge on any atom is 0.224 e. The van der Waals surface area contributed by atoms with Gasteiger partial charge >= 0.3 is 0 Å². The van der Waals surface area contributed by atoms with E-state index in [0.717, 1.165) is 31.5 Å². The third-order valence-corrected chi connectivity index (χ3v) is 5.45. The second-order valence-corrected chi connectivity index (χ2v) is 7.51. The molecule has 0 unspecified atom stereocenters. The minimum absolute atomic E-state index is 0.0415. The number of nitrogens with zero attached hydrogens (tertiary/aromatic N) is 1. The van der Waals surface area contributed by atoms with Gasteiger partial charge in [0.05, 0.1) is 6.42 Å². The fraction of sp³-hybridized carbons (Fsp3) is 0.240.